The number of aromatic nitrogens is 1. The van der Waals surface area contributed by atoms with Crippen LogP contribution in [0, 0.1) is 0 Å². The van der Waals surface area contributed by atoms with E-state index in [-0.39, 0.29) is 12.2 Å². The van der Waals surface area contributed by atoms with Gasteiger partial charge < -0.3 is 4.74 Å². The number of nitrogens with zero attached hydrogens (tertiary/aromatic N) is 1. The number of alkyl halides is 3. The van der Waals surface area contributed by atoms with E-state index < -0.39 is 12.3 Å². The van der Waals surface area contributed by atoms with Crippen LogP contribution in [0.2, 0.25) is 0 Å². The lowest BCUT2D eigenvalue weighted by Crippen LogP contribution is -2.42. The normalized spacial score (nSPS) is 11.5. The number of esters is 1. The van der Waals surface area contributed by atoms with Gasteiger partial charge in [0.05, 0.1) is 5.39 Å². The Morgan fingerprint density at radius 2 is 1.62 bits per heavy atom. The number of carbonyl (C=O) groups is 1. The quantitative estimate of drug-likeness (QED) is 0.539. The second kappa shape index (κ2) is 6.31. The Morgan fingerprint density at radius 3 is 2.33 bits per heavy atom. The van der Waals surface area contributed by atoms with E-state index in [1.807, 2.05) is 30.3 Å². The molecule has 6 heteroatoms. The van der Waals surface area contributed by atoms with Gasteiger partial charge in [-0.25, -0.2) is 4.79 Å². The predicted octanol–water partition coefficient (Wildman–Crippen LogP) is 3.85. The Balaban J connectivity index is 2.11. The molecule has 0 saturated carbocycles. The zero-order chi connectivity index (χ0) is 17.2. The number of hydrogen-bond donors (Lipinski definition) is 0. The molecule has 0 radical (unpaired) electrons. The van der Waals surface area contributed by atoms with Crippen LogP contribution in [-0.4, -0.2) is 12.3 Å². The largest absolute Gasteiger partial charge is 0.575 e. The zero-order valence-corrected chi connectivity index (χ0v) is 12.5. The third-order valence-corrected chi connectivity index (χ3v) is 3.53. The van der Waals surface area contributed by atoms with Crippen LogP contribution >= 0.6 is 0 Å². The fourth-order valence-electron chi connectivity index (χ4n) is 2.55. The van der Waals surface area contributed by atoms with E-state index in [1.165, 1.54) is 4.57 Å². The van der Waals surface area contributed by atoms with Crippen molar-refractivity contribution in [2.24, 2.45) is 0 Å². The Hall–Kier alpha value is -2.89. The van der Waals surface area contributed by atoms with Gasteiger partial charge in [-0.15, -0.1) is 13.2 Å². The number of fused-ring (bicyclic) bond motifs is 1. The van der Waals surface area contributed by atoms with Crippen LogP contribution in [-0.2, 0) is 11.3 Å². The molecule has 0 aliphatic carbocycles. The second-order valence-electron chi connectivity index (χ2n) is 5.20. The Bertz CT molecular complexity index is 876. The summed E-state index contributed by atoms with van der Waals surface area (Å²) in [5.74, 6) is -1.42. The van der Waals surface area contributed by atoms with Gasteiger partial charge >= 0.3 is 12.3 Å². The van der Waals surface area contributed by atoms with Crippen LogP contribution in [0.1, 0.15) is 16.1 Å². The van der Waals surface area contributed by atoms with Crippen molar-refractivity contribution < 1.29 is 27.3 Å². The van der Waals surface area contributed by atoms with Gasteiger partial charge in [0.15, 0.2) is 12.7 Å². The molecule has 3 aromatic rings. The summed E-state index contributed by atoms with van der Waals surface area (Å²) in [6, 6.07) is 17.7. The van der Waals surface area contributed by atoms with Crippen molar-refractivity contribution in [2.75, 3.05) is 0 Å². The summed E-state index contributed by atoms with van der Waals surface area (Å²) >= 11 is 0. The lowest BCUT2D eigenvalue weighted by Gasteiger charge is -2.09. The number of pyridine rings is 1. The molecule has 0 fully saturated rings. The fourth-order valence-corrected chi connectivity index (χ4v) is 2.55. The summed E-state index contributed by atoms with van der Waals surface area (Å²) in [5, 5.41) is 1.07. The van der Waals surface area contributed by atoms with Gasteiger partial charge in [0, 0.05) is 11.6 Å². The van der Waals surface area contributed by atoms with E-state index >= 15 is 0 Å². The summed E-state index contributed by atoms with van der Waals surface area (Å²) in [7, 11) is 0. The molecule has 0 saturated heterocycles. The maximum Gasteiger partial charge on any atom is 0.575 e. The van der Waals surface area contributed by atoms with Crippen LogP contribution in [0.3, 0.4) is 0 Å². The number of carbonyl (C=O) groups excluding carboxylic acids is 1. The number of halogens is 3. The first-order valence-electron chi connectivity index (χ1n) is 7.19. The Labute approximate surface area is 135 Å². The van der Waals surface area contributed by atoms with Crippen molar-refractivity contribution in [1.82, 2.24) is 0 Å². The molecule has 0 N–H and O–H groups in total. The second-order valence-corrected chi connectivity index (χ2v) is 5.20. The monoisotopic (exact) mass is 332 g/mol. The minimum Gasteiger partial charge on any atom is -0.365 e. The molecule has 0 aliphatic heterocycles. The van der Waals surface area contributed by atoms with Gasteiger partial charge in [0.1, 0.15) is 0 Å². The van der Waals surface area contributed by atoms with E-state index in [9.17, 15) is 18.0 Å². The molecular formula is C18H13F3NO2+. The first kappa shape index (κ1) is 16.0. The number of hydrogen-bond acceptors (Lipinski definition) is 2. The highest BCUT2D eigenvalue weighted by molar-refractivity contribution is 6.01. The van der Waals surface area contributed by atoms with Crippen molar-refractivity contribution in [3.05, 3.63) is 78.1 Å². The van der Waals surface area contributed by atoms with Gasteiger partial charge in [-0.05, 0) is 11.5 Å². The third kappa shape index (κ3) is 3.53. The fraction of sp³-hybridized carbons (Fsp3) is 0.111. The average Bonchev–Trinajstić information content (AvgIpc) is 2.54. The van der Waals surface area contributed by atoms with Gasteiger partial charge in [-0.1, -0.05) is 48.5 Å². The zero-order valence-electron chi connectivity index (χ0n) is 12.5. The molecule has 0 amide bonds. The highest BCUT2D eigenvalue weighted by atomic mass is 19.4. The molecule has 0 atom stereocenters. The van der Waals surface area contributed by atoms with Crippen molar-refractivity contribution >= 4 is 16.7 Å². The number of rotatable bonds is 3. The predicted molar refractivity (Wildman–Crippen MR) is 81.2 cm³/mol. The molecule has 0 bridgehead atoms. The maximum absolute atomic E-state index is 12.5. The molecule has 2 aromatic carbocycles. The molecule has 0 spiro atoms. The molecular weight excluding hydrogens is 319 g/mol. The minimum absolute atomic E-state index is 0.130. The van der Waals surface area contributed by atoms with Crippen LogP contribution in [0.4, 0.5) is 13.2 Å². The van der Waals surface area contributed by atoms with Crippen LogP contribution in [0.15, 0.2) is 66.9 Å². The van der Waals surface area contributed by atoms with Gasteiger partial charge in [0.2, 0.25) is 0 Å². The molecule has 0 aliphatic rings. The van der Waals surface area contributed by atoms with Gasteiger partial charge in [-0.3, -0.25) is 0 Å². The smallest absolute Gasteiger partial charge is 0.365 e. The summed E-state index contributed by atoms with van der Waals surface area (Å²) in [6.45, 7) is 0.258. The van der Waals surface area contributed by atoms with Crippen LogP contribution in [0.25, 0.3) is 10.8 Å². The third-order valence-electron chi connectivity index (χ3n) is 3.53. The molecule has 122 valence electrons. The average molecular weight is 332 g/mol. The van der Waals surface area contributed by atoms with E-state index in [0.29, 0.717) is 10.8 Å². The highest BCUT2D eigenvalue weighted by Gasteiger charge is 2.38. The molecule has 1 aromatic heterocycles. The van der Waals surface area contributed by atoms with E-state index in [2.05, 4.69) is 4.74 Å². The van der Waals surface area contributed by atoms with Crippen LogP contribution < -0.4 is 4.57 Å². The minimum atomic E-state index is -5.03. The summed E-state index contributed by atoms with van der Waals surface area (Å²) in [4.78, 5) is 12.1. The van der Waals surface area contributed by atoms with Gasteiger partial charge in [-0.2, -0.15) is 4.57 Å². The van der Waals surface area contributed by atoms with Crippen LogP contribution in [0.5, 0.6) is 0 Å². The summed E-state index contributed by atoms with van der Waals surface area (Å²) in [6.07, 6.45) is -3.44. The van der Waals surface area contributed by atoms with E-state index in [4.69, 9.17) is 0 Å². The van der Waals surface area contributed by atoms with Crippen molar-refractivity contribution in [1.29, 1.82) is 0 Å². The van der Waals surface area contributed by atoms with Gasteiger partial charge in [0.25, 0.3) is 5.69 Å². The summed E-state index contributed by atoms with van der Waals surface area (Å²) < 4.78 is 42.6. The Morgan fingerprint density at radius 1 is 0.958 bits per heavy atom. The topological polar surface area (TPSA) is 30.2 Å². The van der Waals surface area contributed by atoms with Crippen molar-refractivity contribution in [2.45, 2.75) is 12.9 Å². The number of benzene rings is 2. The molecule has 24 heavy (non-hydrogen) atoms. The molecule has 3 nitrogen and oxygen atoms in total. The lowest BCUT2D eigenvalue weighted by atomic mass is 10.1. The number of ether oxygens (including phenoxy) is 1. The van der Waals surface area contributed by atoms with Crippen molar-refractivity contribution in [3.63, 3.8) is 0 Å². The first-order chi connectivity index (χ1) is 11.4. The SMILES string of the molecule is O=C(OC(F)(F)F)c1c2ccccc2cc[n+]1Cc1ccccc1. The standard InChI is InChI=1S/C18H13F3NO2/c19-18(20,21)24-17(23)16-15-9-5-4-8-14(15)10-11-22(16)12-13-6-2-1-3-7-13/h1-11H,12H2/q+1. The Kier molecular flexibility index (Phi) is 4.20. The summed E-state index contributed by atoms with van der Waals surface area (Å²) in [5.41, 5.74) is 0.730. The molecule has 3 rings (SSSR count). The molecule has 0 unspecified atom stereocenters. The first-order valence-corrected chi connectivity index (χ1v) is 7.19. The molecule has 1 heterocycles. The van der Waals surface area contributed by atoms with Crippen molar-refractivity contribution in [3.8, 4) is 0 Å². The van der Waals surface area contributed by atoms with E-state index in [1.54, 1.807) is 36.5 Å². The lowest BCUT2D eigenvalue weighted by molar-refractivity contribution is -0.689. The maximum atomic E-state index is 12.5. The highest BCUT2D eigenvalue weighted by Crippen LogP contribution is 2.22. The van der Waals surface area contributed by atoms with E-state index in [0.717, 1.165) is 5.56 Å².